The molecule has 0 saturated carbocycles. The largest absolute Gasteiger partial charge is 0.489 e. The van der Waals surface area contributed by atoms with Gasteiger partial charge in [0.05, 0.1) is 0 Å². The molecule has 0 fully saturated rings. The van der Waals surface area contributed by atoms with E-state index in [1.54, 1.807) is 6.08 Å². The molecule has 2 rings (SSSR count). The number of hydrogen-bond acceptors (Lipinski definition) is 2. The van der Waals surface area contributed by atoms with Crippen molar-refractivity contribution in [3.8, 4) is 5.75 Å². The molecule has 0 atom stereocenters. The van der Waals surface area contributed by atoms with E-state index in [9.17, 15) is 0 Å². The molecule has 4 heteroatoms. The Kier molecular flexibility index (Phi) is 5.68. The lowest BCUT2D eigenvalue weighted by Crippen LogP contribution is -2.03. The van der Waals surface area contributed by atoms with Crippen LogP contribution in [0.5, 0.6) is 5.75 Å². The van der Waals surface area contributed by atoms with E-state index < -0.39 is 0 Å². The van der Waals surface area contributed by atoms with E-state index in [0.717, 1.165) is 25.9 Å². The predicted octanol–water partition coefficient (Wildman–Crippen LogP) is 5.39. The van der Waals surface area contributed by atoms with Crippen LogP contribution in [0.25, 0.3) is 0 Å². The average molecular weight is 397 g/mol. The van der Waals surface area contributed by atoms with Crippen molar-refractivity contribution in [2.75, 3.05) is 11.9 Å². The van der Waals surface area contributed by atoms with Crippen molar-refractivity contribution in [1.82, 2.24) is 0 Å². The van der Waals surface area contributed by atoms with Crippen molar-refractivity contribution < 1.29 is 4.74 Å². The first-order valence-corrected chi connectivity index (χ1v) is 7.79. The Morgan fingerprint density at radius 1 is 1.05 bits per heavy atom. The number of nitrogens with one attached hydrogen (secondary N) is 1. The Morgan fingerprint density at radius 2 is 1.75 bits per heavy atom. The SMILES string of the molecule is C=CCOc1ccc(Br)cc1CNc1ccc(Br)cc1. The Labute approximate surface area is 136 Å². The first-order valence-electron chi connectivity index (χ1n) is 6.20. The smallest absolute Gasteiger partial charge is 0.124 e. The zero-order chi connectivity index (χ0) is 14.4. The van der Waals surface area contributed by atoms with Crippen molar-refractivity contribution in [3.63, 3.8) is 0 Å². The molecule has 0 aromatic heterocycles. The maximum absolute atomic E-state index is 5.66. The minimum Gasteiger partial charge on any atom is -0.489 e. The minimum atomic E-state index is 0.507. The van der Waals surface area contributed by atoms with Gasteiger partial charge in [-0.05, 0) is 42.5 Å². The van der Waals surface area contributed by atoms with E-state index in [1.165, 1.54) is 0 Å². The summed E-state index contributed by atoms with van der Waals surface area (Å²) < 4.78 is 7.77. The number of halogens is 2. The van der Waals surface area contributed by atoms with Crippen LogP contribution in [0.15, 0.2) is 64.1 Å². The van der Waals surface area contributed by atoms with E-state index >= 15 is 0 Å². The molecule has 0 aliphatic rings. The first-order chi connectivity index (χ1) is 9.69. The number of rotatable bonds is 6. The van der Waals surface area contributed by atoms with Gasteiger partial charge in [0.1, 0.15) is 12.4 Å². The third-order valence-corrected chi connectivity index (χ3v) is 3.73. The van der Waals surface area contributed by atoms with Gasteiger partial charge in [0, 0.05) is 26.7 Å². The third-order valence-electron chi connectivity index (χ3n) is 2.71. The summed E-state index contributed by atoms with van der Waals surface area (Å²) in [6, 6.07) is 14.1. The second kappa shape index (κ2) is 7.50. The highest BCUT2D eigenvalue weighted by Gasteiger charge is 2.04. The summed E-state index contributed by atoms with van der Waals surface area (Å²) in [4.78, 5) is 0. The number of ether oxygens (including phenoxy) is 1. The maximum atomic E-state index is 5.66. The standard InChI is InChI=1S/C16H15Br2NO/c1-2-9-20-16-8-5-14(18)10-12(16)11-19-15-6-3-13(17)4-7-15/h2-8,10,19H,1,9,11H2. The molecule has 0 amide bonds. The van der Waals surface area contributed by atoms with Crippen molar-refractivity contribution in [3.05, 3.63) is 69.6 Å². The van der Waals surface area contributed by atoms with E-state index in [-0.39, 0.29) is 0 Å². The van der Waals surface area contributed by atoms with E-state index in [4.69, 9.17) is 4.74 Å². The lowest BCUT2D eigenvalue weighted by Gasteiger charge is -2.12. The Morgan fingerprint density at radius 3 is 2.45 bits per heavy atom. The van der Waals surface area contributed by atoms with Crippen molar-refractivity contribution in [2.45, 2.75) is 6.54 Å². The quantitative estimate of drug-likeness (QED) is 0.661. The molecular formula is C16H15Br2NO. The number of anilines is 1. The molecule has 0 spiro atoms. The van der Waals surface area contributed by atoms with E-state index in [1.807, 2.05) is 36.4 Å². The van der Waals surface area contributed by atoms with Crippen molar-refractivity contribution >= 4 is 37.5 Å². The summed E-state index contributed by atoms with van der Waals surface area (Å²) in [5.41, 5.74) is 2.17. The van der Waals surface area contributed by atoms with Gasteiger partial charge in [-0.1, -0.05) is 44.5 Å². The molecule has 20 heavy (non-hydrogen) atoms. The molecule has 2 aromatic rings. The lowest BCUT2D eigenvalue weighted by molar-refractivity contribution is 0.359. The van der Waals surface area contributed by atoms with Gasteiger partial charge >= 0.3 is 0 Å². The molecule has 0 bridgehead atoms. The fourth-order valence-electron chi connectivity index (χ4n) is 1.74. The first kappa shape index (κ1) is 15.1. The van der Waals surface area contributed by atoms with Crippen LogP contribution in [0.1, 0.15) is 5.56 Å². The molecule has 0 heterocycles. The molecule has 2 aromatic carbocycles. The van der Waals surface area contributed by atoms with Gasteiger partial charge < -0.3 is 10.1 Å². The molecular weight excluding hydrogens is 382 g/mol. The van der Waals surface area contributed by atoms with Crippen molar-refractivity contribution in [2.24, 2.45) is 0 Å². The topological polar surface area (TPSA) is 21.3 Å². The van der Waals surface area contributed by atoms with Gasteiger partial charge in [-0.15, -0.1) is 0 Å². The van der Waals surface area contributed by atoms with E-state index in [0.29, 0.717) is 13.2 Å². The molecule has 0 unspecified atom stereocenters. The predicted molar refractivity (Wildman–Crippen MR) is 91.3 cm³/mol. The molecule has 104 valence electrons. The van der Waals surface area contributed by atoms with Gasteiger partial charge in [-0.2, -0.15) is 0 Å². The minimum absolute atomic E-state index is 0.507. The Hall–Kier alpha value is -1.26. The number of hydrogen-bond donors (Lipinski definition) is 1. The summed E-state index contributed by atoms with van der Waals surface area (Å²) in [6.45, 7) is 4.88. The molecule has 2 nitrogen and oxygen atoms in total. The summed E-state index contributed by atoms with van der Waals surface area (Å²) >= 11 is 6.92. The molecule has 0 saturated heterocycles. The van der Waals surface area contributed by atoms with Crippen LogP contribution in [0.3, 0.4) is 0 Å². The second-order valence-corrected chi connectivity index (χ2v) is 6.04. The Bertz CT molecular complexity index is 582. The van der Waals surface area contributed by atoms with Gasteiger partial charge in [-0.25, -0.2) is 0 Å². The average Bonchev–Trinajstić information content (AvgIpc) is 2.46. The van der Waals surface area contributed by atoms with Crippen LogP contribution in [0, 0.1) is 0 Å². The van der Waals surface area contributed by atoms with E-state index in [2.05, 4.69) is 49.8 Å². The zero-order valence-electron chi connectivity index (χ0n) is 10.9. The highest BCUT2D eigenvalue weighted by molar-refractivity contribution is 9.10. The molecule has 0 aliphatic carbocycles. The number of benzene rings is 2. The highest BCUT2D eigenvalue weighted by Crippen LogP contribution is 2.24. The Balaban J connectivity index is 2.09. The maximum Gasteiger partial charge on any atom is 0.124 e. The van der Waals surface area contributed by atoms with Crippen LogP contribution < -0.4 is 10.1 Å². The molecule has 0 aliphatic heterocycles. The lowest BCUT2D eigenvalue weighted by atomic mass is 10.2. The highest BCUT2D eigenvalue weighted by atomic mass is 79.9. The van der Waals surface area contributed by atoms with Crippen LogP contribution in [0.2, 0.25) is 0 Å². The van der Waals surface area contributed by atoms with Crippen LogP contribution in [-0.4, -0.2) is 6.61 Å². The normalized spacial score (nSPS) is 10.1. The van der Waals surface area contributed by atoms with Gasteiger partial charge in [-0.3, -0.25) is 0 Å². The summed E-state index contributed by atoms with van der Waals surface area (Å²) in [5.74, 6) is 0.873. The monoisotopic (exact) mass is 395 g/mol. The second-order valence-electron chi connectivity index (χ2n) is 4.21. The van der Waals surface area contributed by atoms with Gasteiger partial charge in [0.15, 0.2) is 0 Å². The summed E-state index contributed by atoms with van der Waals surface area (Å²) in [7, 11) is 0. The van der Waals surface area contributed by atoms with Gasteiger partial charge in [0.25, 0.3) is 0 Å². The zero-order valence-corrected chi connectivity index (χ0v) is 14.1. The van der Waals surface area contributed by atoms with Crippen LogP contribution in [-0.2, 0) is 6.54 Å². The fourth-order valence-corrected chi connectivity index (χ4v) is 2.41. The van der Waals surface area contributed by atoms with Crippen LogP contribution in [0.4, 0.5) is 5.69 Å². The molecule has 1 N–H and O–H groups in total. The van der Waals surface area contributed by atoms with Crippen molar-refractivity contribution in [1.29, 1.82) is 0 Å². The van der Waals surface area contributed by atoms with Crippen LogP contribution >= 0.6 is 31.9 Å². The molecule has 0 radical (unpaired) electrons. The van der Waals surface area contributed by atoms with Gasteiger partial charge in [0.2, 0.25) is 0 Å². The third kappa shape index (κ3) is 4.39. The summed E-state index contributed by atoms with van der Waals surface area (Å²) in [5, 5.41) is 3.38. The summed E-state index contributed by atoms with van der Waals surface area (Å²) in [6.07, 6.45) is 1.74. The fraction of sp³-hybridized carbons (Fsp3) is 0.125.